The van der Waals surface area contributed by atoms with E-state index in [0.717, 1.165) is 29.1 Å². The maximum atomic E-state index is 12.6. The highest BCUT2D eigenvalue weighted by atomic mass is 16.2. The Hall–Kier alpha value is -2.64. The molecule has 1 atom stereocenters. The minimum Gasteiger partial charge on any atom is -0.368 e. The fraction of sp³-hybridized carbons (Fsp3) is 0.556. The molecular formula is C18H26N6O2. The number of carbonyl (C=O) groups excluding carboxylic acids is 2. The van der Waals surface area contributed by atoms with E-state index in [1.54, 1.807) is 0 Å². The van der Waals surface area contributed by atoms with E-state index in [4.69, 9.17) is 5.73 Å². The lowest BCUT2D eigenvalue weighted by Gasteiger charge is -2.22. The van der Waals surface area contributed by atoms with Crippen LogP contribution in [0.3, 0.4) is 0 Å². The fourth-order valence-corrected chi connectivity index (χ4v) is 3.42. The van der Waals surface area contributed by atoms with Crippen LogP contribution in [0.15, 0.2) is 12.2 Å². The molecule has 1 aromatic heterocycles. The highest BCUT2D eigenvalue weighted by Crippen LogP contribution is 2.23. The summed E-state index contributed by atoms with van der Waals surface area (Å²) < 4.78 is 0. The van der Waals surface area contributed by atoms with Gasteiger partial charge in [-0.3, -0.25) is 9.59 Å². The van der Waals surface area contributed by atoms with Gasteiger partial charge in [0.25, 0.3) is 0 Å². The molecule has 2 amide bonds. The van der Waals surface area contributed by atoms with E-state index in [1.165, 1.54) is 0 Å². The summed E-state index contributed by atoms with van der Waals surface area (Å²) in [6.07, 6.45) is 2.92. The van der Waals surface area contributed by atoms with Gasteiger partial charge in [-0.1, -0.05) is 12.2 Å². The van der Waals surface area contributed by atoms with Gasteiger partial charge in [0, 0.05) is 50.5 Å². The number of hydrogen-bond donors (Lipinski definition) is 3. The molecule has 0 saturated carbocycles. The van der Waals surface area contributed by atoms with Crippen LogP contribution in [0.1, 0.15) is 37.4 Å². The first-order valence-electron chi connectivity index (χ1n) is 9.03. The van der Waals surface area contributed by atoms with E-state index in [9.17, 15) is 9.59 Å². The first-order valence-corrected chi connectivity index (χ1v) is 9.03. The predicted molar refractivity (Wildman–Crippen MR) is 99.5 cm³/mol. The smallest absolute Gasteiger partial charge is 0.224 e. The van der Waals surface area contributed by atoms with Gasteiger partial charge in [-0.05, 0) is 19.8 Å². The normalized spacial score (nSPS) is 19.5. The number of fused-ring (bicyclic) bond motifs is 1. The van der Waals surface area contributed by atoms with Crippen molar-refractivity contribution in [2.24, 2.45) is 0 Å². The fourth-order valence-electron chi connectivity index (χ4n) is 3.42. The van der Waals surface area contributed by atoms with Crippen molar-refractivity contribution in [1.82, 2.24) is 20.2 Å². The van der Waals surface area contributed by atoms with Crippen LogP contribution in [0.2, 0.25) is 0 Å². The van der Waals surface area contributed by atoms with E-state index in [-0.39, 0.29) is 23.8 Å². The summed E-state index contributed by atoms with van der Waals surface area (Å²) in [7, 11) is 0. The van der Waals surface area contributed by atoms with Gasteiger partial charge in [0.05, 0.1) is 5.69 Å². The van der Waals surface area contributed by atoms with Crippen molar-refractivity contribution in [3.8, 4) is 0 Å². The van der Waals surface area contributed by atoms with E-state index < -0.39 is 0 Å². The second-order valence-electron chi connectivity index (χ2n) is 7.05. The summed E-state index contributed by atoms with van der Waals surface area (Å²) in [4.78, 5) is 34.5. The molecule has 0 bridgehead atoms. The highest BCUT2D eigenvalue weighted by molar-refractivity contribution is 5.82. The molecule has 26 heavy (non-hydrogen) atoms. The summed E-state index contributed by atoms with van der Waals surface area (Å²) >= 11 is 0. The Balaban J connectivity index is 1.68. The van der Waals surface area contributed by atoms with Crippen molar-refractivity contribution in [3.63, 3.8) is 0 Å². The molecule has 3 rings (SSSR count). The lowest BCUT2D eigenvalue weighted by atomic mass is 10.1. The van der Waals surface area contributed by atoms with Crippen LogP contribution >= 0.6 is 0 Å². The molecule has 1 aromatic rings. The van der Waals surface area contributed by atoms with Gasteiger partial charge in [0.1, 0.15) is 5.82 Å². The number of nitrogens with zero attached hydrogens (tertiary/aromatic N) is 3. The van der Waals surface area contributed by atoms with Crippen LogP contribution in [0.25, 0.3) is 0 Å². The van der Waals surface area contributed by atoms with Crippen LogP contribution in [-0.4, -0.2) is 52.4 Å². The van der Waals surface area contributed by atoms with Crippen LogP contribution in [0, 0.1) is 0 Å². The SMILES string of the molecule is C=C(C)CNc1nc(N)nc2c1CCN(C(=O)C[C@@H]1CCC(=O)N1)CC2. The van der Waals surface area contributed by atoms with Crippen molar-refractivity contribution in [1.29, 1.82) is 0 Å². The van der Waals surface area contributed by atoms with Gasteiger partial charge in [0.2, 0.25) is 17.8 Å². The average Bonchev–Trinajstić information content (AvgIpc) is 2.86. The molecule has 140 valence electrons. The van der Waals surface area contributed by atoms with Gasteiger partial charge in [0.15, 0.2) is 0 Å². The summed E-state index contributed by atoms with van der Waals surface area (Å²) in [5.41, 5.74) is 8.76. The van der Waals surface area contributed by atoms with Crippen LogP contribution in [0.5, 0.6) is 0 Å². The first-order chi connectivity index (χ1) is 12.4. The molecular weight excluding hydrogens is 332 g/mol. The zero-order valence-corrected chi connectivity index (χ0v) is 15.2. The van der Waals surface area contributed by atoms with E-state index in [2.05, 4.69) is 27.2 Å². The Morgan fingerprint density at radius 2 is 2.12 bits per heavy atom. The lowest BCUT2D eigenvalue weighted by Crippen LogP contribution is -2.38. The zero-order chi connectivity index (χ0) is 18.7. The molecule has 2 aliphatic rings. The molecule has 8 nitrogen and oxygen atoms in total. The van der Waals surface area contributed by atoms with E-state index >= 15 is 0 Å². The number of nitrogens with two attached hydrogens (primary N) is 1. The number of aromatic nitrogens is 2. The Morgan fingerprint density at radius 3 is 2.81 bits per heavy atom. The summed E-state index contributed by atoms with van der Waals surface area (Å²) in [5.74, 6) is 1.07. The Kier molecular flexibility index (Phi) is 5.39. The number of hydrogen-bond acceptors (Lipinski definition) is 6. The molecule has 0 aliphatic carbocycles. The average molecular weight is 358 g/mol. The summed E-state index contributed by atoms with van der Waals surface area (Å²) in [5, 5.41) is 6.12. The number of nitrogens with one attached hydrogen (secondary N) is 2. The number of rotatable bonds is 5. The minimum atomic E-state index is -0.0381. The van der Waals surface area contributed by atoms with Crippen molar-refractivity contribution >= 4 is 23.6 Å². The molecule has 1 saturated heterocycles. The Labute approximate surface area is 153 Å². The predicted octanol–water partition coefficient (Wildman–Crippen LogP) is 0.643. The molecule has 3 heterocycles. The van der Waals surface area contributed by atoms with Crippen LogP contribution in [0.4, 0.5) is 11.8 Å². The molecule has 0 spiro atoms. The molecule has 2 aliphatic heterocycles. The number of carbonyl (C=O) groups is 2. The van der Waals surface area contributed by atoms with Gasteiger partial charge >= 0.3 is 0 Å². The monoisotopic (exact) mass is 358 g/mol. The first kappa shape index (κ1) is 18.2. The van der Waals surface area contributed by atoms with Gasteiger partial charge in [-0.15, -0.1) is 0 Å². The van der Waals surface area contributed by atoms with Crippen molar-refractivity contribution in [2.75, 3.05) is 30.7 Å². The van der Waals surface area contributed by atoms with Gasteiger partial charge in [-0.25, -0.2) is 4.98 Å². The molecule has 4 N–H and O–H groups in total. The quantitative estimate of drug-likeness (QED) is 0.666. The Morgan fingerprint density at radius 1 is 1.35 bits per heavy atom. The third-order valence-electron chi connectivity index (χ3n) is 4.78. The van der Waals surface area contributed by atoms with Gasteiger partial charge < -0.3 is 21.3 Å². The molecule has 0 unspecified atom stereocenters. The molecule has 0 radical (unpaired) electrons. The number of anilines is 2. The summed E-state index contributed by atoms with van der Waals surface area (Å²) in [6, 6.07) is -0.0381. The van der Waals surface area contributed by atoms with Crippen molar-refractivity contribution < 1.29 is 9.59 Å². The Bertz CT molecular complexity index is 733. The van der Waals surface area contributed by atoms with Gasteiger partial charge in [-0.2, -0.15) is 4.98 Å². The number of amides is 2. The van der Waals surface area contributed by atoms with E-state index in [0.29, 0.717) is 45.3 Å². The number of nitrogen functional groups attached to an aromatic ring is 1. The molecule has 8 heteroatoms. The van der Waals surface area contributed by atoms with Crippen LogP contribution < -0.4 is 16.4 Å². The van der Waals surface area contributed by atoms with Crippen LogP contribution in [-0.2, 0) is 22.4 Å². The largest absolute Gasteiger partial charge is 0.368 e. The maximum Gasteiger partial charge on any atom is 0.224 e. The van der Waals surface area contributed by atoms with Crippen molar-refractivity contribution in [3.05, 3.63) is 23.4 Å². The minimum absolute atomic E-state index is 0.0325. The second-order valence-corrected chi connectivity index (χ2v) is 7.05. The zero-order valence-electron chi connectivity index (χ0n) is 15.2. The third-order valence-corrected chi connectivity index (χ3v) is 4.78. The van der Waals surface area contributed by atoms with Crippen molar-refractivity contribution in [2.45, 2.75) is 45.1 Å². The highest BCUT2D eigenvalue weighted by Gasteiger charge is 2.27. The standard InChI is InChI=1S/C18H26N6O2/c1-11(2)10-20-17-13-5-7-24(8-6-14(13)22-18(19)23-17)16(26)9-12-3-4-15(25)21-12/h12H,1,3-10H2,2H3,(H,21,25)(H3,19,20,22,23)/t12-/m0/s1. The summed E-state index contributed by atoms with van der Waals surface area (Å²) in [6.45, 7) is 7.67. The molecule has 0 aromatic carbocycles. The second kappa shape index (κ2) is 7.72. The topological polar surface area (TPSA) is 113 Å². The van der Waals surface area contributed by atoms with E-state index in [1.807, 2.05) is 11.8 Å². The third kappa shape index (κ3) is 4.30. The maximum absolute atomic E-state index is 12.6. The molecule has 1 fully saturated rings. The lowest BCUT2D eigenvalue weighted by molar-refractivity contribution is -0.131.